The zero-order valence-corrected chi connectivity index (χ0v) is 13.9. The first-order chi connectivity index (χ1) is 9.65. The Bertz CT molecular complexity index is 419. The van der Waals surface area contributed by atoms with E-state index in [-0.39, 0.29) is 0 Å². The maximum absolute atomic E-state index is 6.12. The first-order valence-electron chi connectivity index (χ1n) is 7.38. The zero-order valence-electron chi connectivity index (χ0n) is 12.3. The molecule has 0 radical (unpaired) electrons. The summed E-state index contributed by atoms with van der Waals surface area (Å²) in [5, 5.41) is 4.31. The molecular formula is C16H24ClNOS. The Kier molecular flexibility index (Phi) is 6.69. The van der Waals surface area contributed by atoms with Crippen LogP contribution in [0.4, 0.5) is 0 Å². The summed E-state index contributed by atoms with van der Waals surface area (Å²) in [7, 11) is 0. The summed E-state index contributed by atoms with van der Waals surface area (Å²) < 4.78 is 5.69. The van der Waals surface area contributed by atoms with Crippen LogP contribution in [0.25, 0.3) is 0 Å². The number of hydrogen-bond donors (Lipinski definition) is 1. The van der Waals surface area contributed by atoms with E-state index in [1.54, 1.807) is 0 Å². The molecule has 1 N–H and O–H groups in total. The molecule has 4 heteroatoms. The SMILES string of the molecule is CC(C)CNCc1cc(Cl)ccc1SCC1CCCO1. The number of benzene rings is 1. The minimum Gasteiger partial charge on any atom is -0.377 e. The molecule has 1 heterocycles. The largest absolute Gasteiger partial charge is 0.377 e. The molecule has 0 aromatic heterocycles. The number of ether oxygens (including phenoxy) is 1. The summed E-state index contributed by atoms with van der Waals surface area (Å²) in [4.78, 5) is 1.32. The number of rotatable bonds is 7. The second-order valence-corrected chi connectivity index (χ2v) is 7.22. The maximum atomic E-state index is 6.12. The highest BCUT2D eigenvalue weighted by Crippen LogP contribution is 2.28. The molecule has 1 atom stereocenters. The summed E-state index contributed by atoms with van der Waals surface area (Å²) in [5.41, 5.74) is 1.29. The molecule has 0 bridgehead atoms. The van der Waals surface area contributed by atoms with E-state index in [4.69, 9.17) is 16.3 Å². The summed E-state index contributed by atoms with van der Waals surface area (Å²) in [6.45, 7) is 7.28. The number of nitrogens with one attached hydrogen (secondary N) is 1. The highest BCUT2D eigenvalue weighted by Gasteiger charge is 2.16. The highest BCUT2D eigenvalue weighted by molar-refractivity contribution is 7.99. The van der Waals surface area contributed by atoms with Crippen LogP contribution in [-0.2, 0) is 11.3 Å². The molecule has 1 aliphatic heterocycles. The fraction of sp³-hybridized carbons (Fsp3) is 0.625. The van der Waals surface area contributed by atoms with Crippen LogP contribution in [-0.4, -0.2) is 25.0 Å². The van der Waals surface area contributed by atoms with Crippen molar-refractivity contribution in [3.63, 3.8) is 0 Å². The van der Waals surface area contributed by atoms with E-state index in [9.17, 15) is 0 Å². The quantitative estimate of drug-likeness (QED) is 0.756. The average Bonchev–Trinajstić information content (AvgIpc) is 2.90. The topological polar surface area (TPSA) is 21.3 Å². The second kappa shape index (κ2) is 8.28. The van der Waals surface area contributed by atoms with Crippen LogP contribution < -0.4 is 5.32 Å². The molecule has 1 fully saturated rings. The normalized spacial score (nSPS) is 18.9. The molecule has 0 aliphatic carbocycles. The Hall–Kier alpha value is -0.220. The van der Waals surface area contributed by atoms with Crippen LogP contribution in [0, 0.1) is 5.92 Å². The van der Waals surface area contributed by atoms with Gasteiger partial charge in [-0.2, -0.15) is 0 Å². The van der Waals surface area contributed by atoms with Gasteiger partial charge in [0.25, 0.3) is 0 Å². The van der Waals surface area contributed by atoms with Gasteiger partial charge in [-0.15, -0.1) is 11.8 Å². The van der Waals surface area contributed by atoms with Crippen molar-refractivity contribution >= 4 is 23.4 Å². The molecule has 1 unspecified atom stereocenters. The number of hydrogen-bond acceptors (Lipinski definition) is 3. The van der Waals surface area contributed by atoms with Crippen LogP contribution in [0.5, 0.6) is 0 Å². The van der Waals surface area contributed by atoms with Gasteiger partial charge < -0.3 is 10.1 Å². The Morgan fingerprint density at radius 1 is 1.45 bits per heavy atom. The van der Waals surface area contributed by atoms with Crippen LogP contribution in [0.2, 0.25) is 5.02 Å². The van der Waals surface area contributed by atoms with Gasteiger partial charge in [0.2, 0.25) is 0 Å². The Morgan fingerprint density at radius 3 is 3.00 bits per heavy atom. The third-order valence-corrected chi connectivity index (χ3v) is 4.82. The molecule has 1 aromatic carbocycles. The van der Waals surface area contributed by atoms with E-state index in [2.05, 4.69) is 31.3 Å². The Labute approximate surface area is 131 Å². The van der Waals surface area contributed by atoms with Gasteiger partial charge in [-0.25, -0.2) is 0 Å². The first-order valence-corrected chi connectivity index (χ1v) is 8.75. The van der Waals surface area contributed by atoms with Crippen molar-refractivity contribution in [3.8, 4) is 0 Å². The van der Waals surface area contributed by atoms with Gasteiger partial charge in [0.1, 0.15) is 0 Å². The minimum atomic E-state index is 0.423. The van der Waals surface area contributed by atoms with Gasteiger partial charge in [0.05, 0.1) is 6.10 Å². The summed E-state index contributed by atoms with van der Waals surface area (Å²) in [6, 6.07) is 6.19. The van der Waals surface area contributed by atoms with Gasteiger partial charge in [0, 0.05) is 28.8 Å². The van der Waals surface area contributed by atoms with Gasteiger partial charge in [-0.05, 0) is 49.1 Å². The summed E-state index contributed by atoms with van der Waals surface area (Å²) in [6.07, 6.45) is 2.82. The molecule has 1 saturated heterocycles. The lowest BCUT2D eigenvalue weighted by Crippen LogP contribution is -2.19. The van der Waals surface area contributed by atoms with Gasteiger partial charge in [-0.1, -0.05) is 25.4 Å². The van der Waals surface area contributed by atoms with Crippen molar-refractivity contribution in [1.29, 1.82) is 0 Å². The first kappa shape index (κ1) is 16.2. The molecule has 0 spiro atoms. The standard InChI is InChI=1S/C16H24ClNOS/c1-12(2)9-18-10-13-8-14(17)5-6-16(13)20-11-15-4-3-7-19-15/h5-6,8,12,15,18H,3-4,7,9-11H2,1-2H3. The summed E-state index contributed by atoms with van der Waals surface area (Å²) in [5.74, 6) is 1.70. The molecule has 20 heavy (non-hydrogen) atoms. The van der Waals surface area contributed by atoms with E-state index in [0.717, 1.165) is 30.5 Å². The molecule has 0 amide bonds. The Morgan fingerprint density at radius 2 is 2.30 bits per heavy atom. The molecule has 1 aliphatic rings. The molecule has 0 saturated carbocycles. The predicted octanol–water partition coefficient (Wildman–Crippen LogP) is 4.36. The van der Waals surface area contributed by atoms with Gasteiger partial charge in [-0.3, -0.25) is 0 Å². The second-order valence-electron chi connectivity index (χ2n) is 5.72. The molecule has 1 aromatic rings. The lowest BCUT2D eigenvalue weighted by molar-refractivity contribution is 0.129. The van der Waals surface area contributed by atoms with Crippen LogP contribution >= 0.6 is 23.4 Å². The Balaban J connectivity index is 1.91. The number of thioether (sulfide) groups is 1. The molecule has 112 valence electrons. The minimum absolute atomic E-state index is 0.423. The van der Waals surface area contributed by atoms with E-state index in [1.165, 1.54) is 23.3 Å². The van der Waals surface area contributed by atoms with Crippen LogP contribution in [0.1, 0.15) is 32.3 Å². The highest BCUT2D eigenvalue weighted by atomic mass is 35.5. The van der Waals surface area contributed by atoms with Gasteiger partial charge >= 0.3 is 0 Å². The van der Waals surface area contributed by atoms with Crippen molar-refractivity contribution in [2.24, 2.45) is 5.92 Å². The smallest absolute Gasteiger partial charge is 0.0669 e. The van der Waals surface area contributed by atoms with E-state index in [1.807, 2.05) is 17.8 Å². The van der Waals surface area contributed by atoms with Crippen molar-refractivity contribution in [1.82, 2.24) is 5.32 Å². The van der Waals surface area contributed by atoms with E-state index >= 15 is 0 Å². The molecule has 2 nitrogen and oxygen atoms in total. The lowest BCUT2D eigenvalue weighted by Gasteiger charge is -2.14. The maximum Gasteiger partial charge on any atom is 0.0669 e. The summed E-state index contributed by atoms with van der Waals surface area (Å²) >= 11 is 8.01. The van der Waals surface area contributed by atoms with Crippen molar-refractivity contribution in [3.05, 3.63) is 28.8 Å². The van der Waals surface area contributed by atoms with Crippen LogP contribution in [0.3, 0.4) is 0 Å². The monoisotopic (exact) mass is 313 g/mol. The van der Waals surface area contributed by atoms with E-state index in [0.29, 0.717) is 12.0 Å². The van der Waals surface area contributed by atoms with Gasteiger partial charge in [0.15, 0.2) is 0 Å². The zero-order chi connectivity index (χ0) is 14.4. The van der Waals surface area contributed by atoms with Crippen molar-refractivity contribution < 1.29 is 4.74 Å². The van der Waals surface area contributed by atoms with Crippen molar-refractivity contribution in [2.45, 2.75) is 44.2 Å². The molecular weight excluding hydrogens is 290 g/mol. The number of halogens is 1. The fourth-order valence-corrected chi connectivity index (χ4v) is 3.58. The third-order valence-electron chi connectivity index (χ3n) is 3.34. The predicted molar refractivity (Wildman–Crippen MR) is 87.7 cm³/mol. The van der Waals surface area contributed by atoms with E-state index < -0.39 is 0 Å². The average molecular weight is 314 g/mol. The third kappa shape index (κ3) is 5.28. The fourth-order valence-electron chi connectivity index (χ4n) is 2.28. The van der Waals surface area contributed by atoms with Crippen LogP contribution in [0.15, 0.2) is 23.1 Å². The lowest BCUT2D eigenvalue weighted by atomic mass is 10.2. The van der Waals surface area contributed by atoms with Crippen molar-refractivity contribution in [2.75, 3.05) is 18.9 Å². The molecule has 2 rings (SSSR count).